The van der Waals surface area contributed by atoms with Crippen molar-refractivity contribution in [1.82, 2.24) is 9.88 Å². The number of carbonyl (C=O) groups is 3. The second-order valence-corrected chi connectivity index (χ2v) is 6.64. The second-order valence-electron chi connectivity index (χ2n) is 6.64. The first kappa shape index (κ1) is 21.2. The second kappa shape index (κ2) is 10.3. The minimum atomic E-state index is -0.551. The van der Waals surface area contributed by atoms with Crippen molar-refractivity contribution in [3.05, 3.63) is 53.3 Å². The zero-order chi connectivity index (χ0) is 20.5. The molecular formula is C21H27N3O4. The number of aromatic nitrogens is 1. The molecule has 3 N–H and O–H groups in total. The van der Waals surface area contributed by atoms with Crippen molar-refractivity contribution in [2.24, 2.45) is 5.73 Å². The van der Waals surface area contributed by atoms with Gasteiger partial charge in [0, 0.05) is 35.6 Å². The molecule has 0 atom stereocenters. The van der Waals surface area contributed by atoms with Crippen molar-refractivity contribution in [1.29, 1.82) is 0 Å². The summed E-state index contributed by atoms with van der Waals surface area (Å²) in [5, 5.41) is 2.49. The van der Waals surface area contributed by atoms with Crippen LogP contribution in [0, 0.1) is 13.8 Å². The minimum absolute atomic E-state index is 0.214. The van der Waals surface area contributed by atoms with Crippen molar-refractivity contribution < 1.29 is 19.1 Å². The molecule has 7 nitrogen and oxygen atoms in total. The van der Waals surface area contributed by atoms with Gasteiger partial charge in [-0.1, -0.05) is 24.6 Å². The normalized spacial score (nSPS) is 10.5. The molecule has 150 valence electrons. The van der Waals surface area contributed by atoms with Gasteiger partial charge in [0.05, 0.1) is 0 Å². The third-order valence-corrected chi connectivity index (χ3v) is 4.47. The number of ketones is 1. The highest BCUT2D eigenvalue weighted by molar-refractivity contribution is 5.99. The summed E-state index contributed by atoms with van der Waals surface area (Å²) in [6.45, 7) is 4.05. The Hall–Kier alpha value is -3.09. The largest absolute Gasteiger partial charge is 0.457 e. The van der Waals surface area contributed by atoms with Gasteiger partial charge in [0.15, 0.2) is 6.61 Å². The molecule has 0 aliphatic carbocycles. The summed E-state index contributed by atoms with van der Waals surface area (Å²) in [6, 6.07) is 11.1. The van der Waals surface area contributed by atoms with E-state index in [9.17, 15) is 14.4 Å². The number of rotatable bonds is 10. The minimum Gasteiger partial charge on any atom is -0.457 e. The Bertz CT molecular complexity index is 828. The Labute approximate surface area is 164 Å². The Balaban J connectivity index is 1.82. The number of nitrogens with one attached hydrogen (secondary N) is 1. The lowest BCUT2D eigenvalue weighted by molar-refractivity contribution is -0.142. The van der Waals surface area contributed by atoms with E-state index in [0.29, 0.717) is 18.5 Å². The third-order valence-electron chi connectivity index (χ3n) is 4.47. The molecule has 2 amide bonds. The van der Waals surface area contributed by atoms with E-state index in [4.69, 9.17) is 10.5 Å². The Kier molecular flexibility index (Phi) is 7.80. The van der Waals surface area contributed by atoms with Gasteiger partial charge in [0.1, 0.15) is 0 Å². The summed E-state index contributed by atoms with van der Waals surface area (Å²) >= 11 is 0. The number of para-hydroxylation sites is 1. The predicted octanol–water partition coefficient (Wildman–Crippen LogP) is 3.05. The number of benzene rings is 1. The number of nitrogens with two attached hydrogens (primary N) is 1. The average molecular weight is 385 g/mol. The van der Waals surface area contributed by atoms with Crippen molar-refractivity contribution >= 4 is 17.8 Å². The number of carbonyl (C=O) groups excluding carboxylic acids is 3. The first-order valence-corrected chi connectivity index (χ1v) is 9.36. The summed E-state index contributed by atoms with van der Waals surface area (Å²) in [7, 11) is 0. The maximum Gasteiger partial charge on any atom is 0.312 e. The summed E-state index contributed by atoms with van der Waals surface area (Å²) < 4.78 is 7.13. The third kappa shape index (κ3) is 5.97. The summed E-state index contributed by atoms with van der Waals surface area (Å²) in [4.78, 5) is 34.9. The number of unbranched alkanes of at least 4 members (excludes halogenated alkanes) is 2. The maximum absolute atomic E-state index is 12.5. The number of Topliss-reactive ketones (excluding diaryl/α,β-unsaturated/α-hetero) is 1. The molecule has 2 rings (SSSR count). The molecule has 1 aromatic heterocycles. The highest BCUT2D eigenvalue weighted by atomic mass is 16.5. The molecule has 7 heteroatoms. The van der Waals surface area contributed by atoms with Gasteiger partial charge in [0.2, 0.25) is 5.78 Å². The summed E-state index contributed by atoms with van der Waals surface area (Å²) in [6.07, 6.45) is 2.38. The SMILES string of the molecule is Cc1cc(C(=O)COC(=O)CCCCCNC(N)=O)c(C)n1-c1ccccc1. The first-order valence-electron chi connectivity index (χ1n) is 9.36. The lowest BCUT2D eigenvalue weighted by atomic mass is 10.1. The average Bonchev–Trinajstić information content (AvgIpc) is 2.97. The zero-order valence-corrected chi connectivity index (χ0v) is 16.4. The molecular weight excluding hydrogens is 358 g/mol. The van der Waals surface area contributed by atoms with E-state index in [1.165, 1.54) is 0 Å². The van der Waals surface area contributed by atoms with Gasteiger partial charge in [-0.3, -0.25) is 9.59 Å². The van der Waals surface area contributed by atoms with E-state index in [0.717, 1.165) is 29.9 Å². The van der Waals surface area contributed by atoms with Gasteiger partial charge >= 0.3 is 12.0 Å². The van der Waals surface area contributed by atoms with Crippen LogP contribution in [0.2, 0.25) is 0 Å². The fourth-order valence-corrected chi connectivity index (χ4v) is 3.10. The highest BCUT2D eigenvalue weighted by Crippen LogP contribution is 2.21. The van der Waals surface area contributed by atoms with Gasteiger partial charge in [0.25, 0.3) is 0 Å². The highest BCUT2D eigenvalue weighted by Gasteiger charge is 2.18. The van der Waals surface area contributed by atoms with Gasteiger partial charge in [-0.2, -0.15) is 0 Å². The number of aryl methyl sites for hydroxylation is 1. The first-order chi connectivity index (χ1) is 13.4. The number of hydrogen-bond donors (Lipinski definition) is 2. The topological polar surface area (TPSA) is 103 Å². The quantitative estimate of drug-likeness (QED) is 0.373. The Morgan fingerprint density at radius 2 is 1.79 bits per heavy atom. The Morgan fingerprint density at radius 1 is 1.07 bits per heavy atom. The maximum atomic E-state index is 12.5. The number of amides is 2. The van der Waals surface area contributed by atoms with E-state index in [-0.39, 0.29) is 18.8 Å². The summed E-state index contributed by atoms with van der Waals surface area (Å²) in [5.41, 5.74) is 8.29. The molecule has 0 saturated carbocycles. The fourth-order valence-electron chi connectivity index (χ4n) is 3.10. The van der Waals surface area contributed by atoms with Crippen LogP contribution in [-0.4, -0.2) is 35.5 Å². The van der Waals surface area contributed by atoms with Crippen LogP contribution in [0.1, 0.15) is 47.4 Å². The van der Waals surface area contributed by atoms with E-state index in [2.05, 4.69) is 5.32 Å². The monoisotopic (exact) mass is 385 g/mol. The van der Waals surface area contributed by atoms with E-state index >= 15 is 0 Å². The van der Waals surface area contributed by atoms with Crippen molar-refractivity contribution in [3.63, 3.8) is 0 Å². The molecule has 0 bridgehead atoms. The van der Waals surface area contributed by atoms with Crippen molar-refractivity contribution in [2.45, 2.75) is 39.5 Å². The number of hydrogen-bond acceptors (Lipinski definition) is 4. The van der Waals surface area contributed by atoms with Crippen LogP contribution in [-0.2, 0) is 9.53 Å². The van der Waals surface area contributed by atoms with Crippen LogP contribution < -0.4 is 11.1 Å². The summed E-state index contributed by atoms with van der Waals surface area (Å²) in [5.74, 6) is -0.609. The number of nitrogens with zero attached hydrogens (tertiary/aromatic N) is 1. The molecule has 0 aliphatic rings. The number of esters is 1. The molecule has 2 aromatic rings. The fraction of sp³-hybridized carbons (Fsp3) is 0.381. The van der Waals surface area contributed by atoms with Crippen LogP contribution in [0.5, 0.6) is 0 Å². The van der Waals surface area contributed by atoms with Gasteiger partial charge in [-0.05, 0) is 44.9 Å². The molecule has 0 radical (unpaired) electrons. The standard InChI is InChI=1S/C21H27N3O4/c1-15-13-18(16(2)24(15)17-9-5-3-6-10-17)19(25)14-28-20(26)11-7-4-8-12-23-21(22)27/h3,5-6,9-10,13H,4,7-8,11-12,14H2,1-2H3,(H3,22,23,27). The molecule has 0 unspecified atom stereocenters. The van der Waals surface area contributed by atoms with Crippen LogP contribution in [0.4, 0.5) is 4.79 Å². The van der Waals surface area contributed by atoms with Crippen LogP contribution in [0.15, 0.2) is 36.4 Å². The van der Waals surface area contributed by atoms with Gasteiger partial charge in [-0.15, -0.1) is 0 Å². The number of ether oxygens (including phenoxy) is 1. The molecule has 1 heterocycles. The van der Waals surface area contributed by atoms with Crippen molar-refractivity contribution in [3.8, 4) is 5.69 Å². The van der Waals surface area contributed by atoms with Crippen molar-refractivity contribution in [2.75, 3.05) is 13.2 Å². The van der Waals surface area contributed by atoms with E-state index in [1.54, 1.807) is 0 Å². The molecule has 0 saturated heterocycles. The molecule has 0 fully saturated rings. The van der Waals surface area contributed by atoms with Gasteiger partial charge in [-0.25, -0.2) is 4.79 Å². The molecule has 28 heavy (non-hydrogen) atoms. The zero-order valence-electron chi connectivity index (χ0n) is 16.4. The lowest BCUT2D eigenvalue weighted by Gasteiger charge is -2.09. The number of urea groups is 1. The smallest absolute Gasteiger partial charge is 0.312 e. The van der Waals surface area contributed by atoms with Gasteiger partial charge < -0.3 is 20.4 Å². The Morgan fingerprint density at radius 3 is 2.46 bits per heavy atom. The number of primary amides is 1. The van der Waals surface area contributed by atoms with Crippen LogP contribution in [0.3, 0.4) is 0 Å². The molecule has 0 aliphatic heterocycles. The lowest BCUT2D eigenvalue weighted by Crippen LogP contribution is -2.29. The van der Waals surface area contributed by atoms with Crippen LogP contribution in [0.25, 0.3) is 5.69 Å². The molecule has 0 spiro atoms. The van der Waals surface area contributed by atoms with E-state index < -0.39 is 12.0 Å². The molecule has 1 aromatic carbocycles. The predicted molar refractivity (Wildman–Crippen MR) is 107 cm³/mol. The van der Waals surface area contributed by atoms with Crippen LogP contribution >= 0.6 is 0 Å². The van der Waals surface area contributed by atoms with E-state index in [1.807, 2.05) is 54.8 Å².